The molecule has 32 heavy (non-hydrogen) atoms. The first-order valence-corrected chi connectivity index (χ1v) is 11.2. The zero-order valence-corrected chi connectivity index (χ0v) is 18.1. The Morgan fingerprint density at radius 3 is 2.22 bits per heavy atom. The Bertz CT molecular complexity index is 1180. The van der Waals surface area contributed by atoms with Crippen molar-refractivity contribution >= 4 is 27.6 Å². The third-order valence-corrected chi connectivity index (χ3v) is 5.64. The van der Waals surface area contributed by atoms with Gasteiger partial charge < -0.3 is 14.8 Å². The summed E-state index contributed by atoms with van der Waals surface area (Å²) in [4.78, 5) is 23.1. The van der Waals surface area contributed by atoms with E-state index in [4.69, 9.17) is 9.47 Å². The summed E-state index contributed by atoms with van der Waals surface area (Å²) >= 11 is 0. The number of rotatable bonds is 9. The summed E-state index contributed by atoms with van der Waals surface area (Å²) in [5.74, 6) is 0.171. The summed E-state index contributed by atoms with van der Waals surface area (Å²) in [6.45, 7) is 0.747. The Balaban J connectivity index is 1.55. The van der Waals surface area contributed by atoms with Gasteiger partial charge in [-0.1, -0.05) is 36.4 Å². The molecule has 2 N–H and O–H groups in total. The van der Waals surface area contributed by atoms with Crippen LogP contribution < -0.4 is 14.8 Å². The third kappa shape index (κ3) is 6.66. The van der Waals surface area contributed by atoms with Gasteiger partial charge in [-0.2, -0.15) is 4.72 Å². The largest absolute Gasteiger partial charge is 0.460 e. The molecule has 8 nitrogen and oxygen atoms in total. The fraction of sp³-hybridized carbons (Fsp3) is 0.130. The lowest BCUT2D eigenvalue weighted by Gasteiger charge is -2.12. The number of para-hydroxylation sites is 2. The number of benzene rings is 3. The first kappa shape index (κ1) is 23.0. The second-order valence-electron chi connectivity index (χ2n) is 6.71. The normalized spacial score (nSPS) is 10.9. The van der Waals surface area contributed by atoms with Crippen molar-refractivity contribution in [2.24, 2.45) is 0 Å². The highest BCUT2D eigenvalue weighted by atomic mass is 32.2. The SMILES string of the molecule is CC(=O)Nc1ccc(S(=O)(=O)NCC(=O)OCc2ccccc2Oc2ccccc2)cc1. The summed E-state index contributed by atoms with van der Waals surface area (Å²) in [7, 11) is -3.92. The van der Waals surface area contributed by atoms with E-state index in [2.05, 4.69) is 10.0 Å². The predicted octanol–water partition coefficient (Wildman–Crippen LogP) is 3.46. The maximum absolute atomic E-state index is 12.4. The van der Waals surface area contributed by atoms with E-state index in [1.807, 2.05) is 18.2 Å². The topological polar surface area (TPSA) is 111 Å². The van der Waals surface area contributed by atoms with Gasteiger partial charge in [0.05, 0.1) is 4.90 Å². The lowest BCUT2D eigenvalue weighted by atomic mass is 10.2. The van der Waals surface area contributed by atoms with Crippen molar-refractivity contribution in [3.63, 3.8) is 0 Å². The van der Waals surface area contributed by atoms with Crippen LogP contribution >= 0.6 is 0 Å². The van der Waals surface area contributed by atoms with Crippen LogP contribution in [0.1, 0.15) is 12.5 Å². The number of ether oxygens (including phenoxy) is 2. The highest BCUT2D eigenvalue weighted by molar-refractivity contribution is 7.89. The monoisotopic (exact) mass is 454 g/mol. The van der Waals surface area contributed by atoms with Gasteiger partial charge in [-0.05, 0) is 42.5 Å². The highest BCUT2D eigenvalue weighted by Crippen LogP contribution is 2.25. The number of carbonyl (C=O) groups excluding carboxylic acids is 2. The summed E-state index contributed by atoms with van der Waals surface area (Å²) < 4.78 is 38.0. The average Bonchev–Trinajstić information content (AvgIpc) is 2.78. The molecule has 0 aliphatic rings. The Labute approximate surface area is 186 Å². The molecule has 0 heterocycles. The lowest BCUT2D eigenvalue weighted by Crippen LogP contribution is -2.30. The fourth-order valence-corrected chi connectivity index (χ4v) is 3.67. The van der Waals surface area contributed by atoms with E-state index >= 15 is 0 Å². The van der Waals surface area contributed by atoms with E-state index in [0.717, 1.165) is 0 Å². The molecule has 0 saturated carbocycles. The zero-order chi connectivity index (χ0) is 23.0. The van der Waals surface area contributed by atoms with Gasteiger partial charge in [0.1, 0.15) is 24.7 Å². The molecule has 3 rings (SSSR count). The van der Waals surface area contributed by atoms with Crippen molar-refractivity contribution in [2.45, 2.75) is 18.4 Å². The first-order chi connectivity index (χ1) is 15.3. The van der Waals surface area contributed by atoms with Crippen LogP contribution in [0.5, 0.6) is 11.5 Å². The van der Waals surface area contributed by atoms with Gasteiger partial charge in [0, 0.05) is 18.2 Å². The van der Waals surface area contributed by atoms with Gasteiger partial charge in [-0.25, -0.2) is 8.42 Å². The minimum atomic E-state index is -3.92. The molecule has 0 bridgehead atoms. The second kappa shape index (κ2) is 10.6. The number of esters is 1. The molecule has 0 fully saturated rings. The average molecular weight is 455 g/mol. The number of sulfonamides is 1. The molecule has 9 heteroatoms. The Hall–Kier alpha value is -3.69. The Morgan fingerprint density at radius 1 is 0.875 bits per heavy atom. The minimum Gasteiger partial charge on any atom is -0.460 e. The second-order valence-corrected chi connectivity index (χ2v) is 8.48. The van der Waals surface area contributed by atoms with Crippen LogP contribution in [0.25, 0.3) is 0 Å². The van der Waals surface area contributed by atoms with E-state index < -0.39 is 22.5 Å². The molecule has 166 valence electrons. The van der Waals surface area contributed by atoms with Gasteiger partial charge in [0.2, 0.25) is 15.9 Å². The van der Waals surface area contributed by atoms with Crippen molar-refractivity contribution in [1.82, 2.24) is 4.72 Å². The quantitative estimate of drug-likeness (QED) is 0.479. The molecule has 0 aromatic heterocycles. The third-order valence-electron chi connectivity index (χ3n) is 4.22. The maximum Gasteiger partial charge on any atom is 0.321 e. The van der Waals surface area contributed by atoms with Crippen LogP contribution in [0.3, 0.4) is 0 Å². The molecule has 0 aliphatic carbocycles. The van der Waals surface area contributed by atoms with Crippen LogP contribution in [0, 0.1) is 0 Å². The molecule has 0 saturated heterocycles. The van der Waals surface area contributed by atoms with Gasteiger partial charge >= 0.3 is 5.97 Å². The number of amides is 1. The molecule has 0 radical (unpaired) electrons. The summed E-state index contributed by atoms with van der Waals surface area (Å²) in [6, 6.07) is 21.8. The fourth-order valence-electron chi connectivity index (χ4n) is 2.71. The molecule has 0 atom stereocenters. The van der Waals surface area contributed by atoms with Crippen molar-refractivity contribution in [2.75, 3.05) is 11.9 Å². The number of hydrogen-bond acceptors (Lipinski definition) is 6. The van der Waals surface area contributed by atoms with Crippen molar-refractivity contribution in [1.29, 1.82) is 0 Å². The number of carbonyl (C=O) groups is 2. The predicted molar refractivity (Wildman–Crippen MR) is 119 cm³/mol. The minimum absolute atomic E-state index is 0.0407. The van der Waals surface area contributed by atoms with Gasteiger partial charge in [0.15, 0.2) is 0 Å². The highest BCUT2D eigenvalue weighted by Gasteiger charge is 2.17. The van der Waals surface area contributed by atoms with Crippen LogP contribution in [0.2, 0.25) is 0 Å². The van der Waals surface area contributed by atoms with E-state index in [9.17, 15) is 18.0 Å². The van der Waals surface area contributed by atoms with Crippen LogP contribution in [0.15, 0.2) is 83.8 Å². The van der Waals surface area contributed by atoms with Gasteiger partial charge in [-0.15, -0.1) is 0 Å². The summed E-state index contributed by atoms with van der Waals surface area (Å²) in [6.07, 6.45) is 0. The van der Waals surface area contributed by atoms with Crippen LogP contribution in [0.4, 0.5) is 5.69 Å². The molecule has 0 spiro atoms. The Morgan fingerprint density at radius 2 is 1.53 bits per heavy atom. The molecule has 3 aromatic rings. The standard InChI is InChI=1S/C23H22N2O6S/c1-17(26)25-19-11-13-21(14-12-19)32(28,29)24-15-23(27)30-16-18-7-5-6-10-22(18)31-20-8-3-2-4-9-20/h2-14,24H,15-16H2,1H3,(H,25,26). The van der Waals surface area contributed by atoms with E-state index in [1.54, 1.807) is 36.4 Å². The Kier molecular flexibility index (Phi) is 7.58. The maximum atomic E-state index is 12.4. The van der Waals surface area contributed by atoms with Crippen LogP contribution in [-0.4, -0.2) is 26.8 Å². The van der Waals surface area contributed by atoms with Crippen molar-refractivity contribution in [3.05, 3.63) is 84.4 Å². The zero-order valence-electron chi connectivity index (χ0n) is 17.3. The molecular weight excluding hydrogens is 432 g/mol. The van der Waals surface area contributed by atoms with E-state index in [0.29, 0.717) is 22.7 Å². The number of nitrogens with one attached hydrogen (secondary N) is 2. The van der Waals surface area contributed by atoms with E-state index in [1.165, 1.54) is 31.2 Å². The molecule has 0 aliphatic heterocycles. The number of hydrogen-bond donors (Lipinski definition) is 2. The number of anilines is 1. The van der Waals surface area contributed by atoms with Crippen molar-refractivity contribution in [3.8, 4) is 11.5 Å². The van der Waals surface area contributed by atoms with Gasteiger partial charge in [-0.3, -0.25) is 9.59 Å². The molecule has 0 unspecified atom stereocenters. The van der Waals surface area contributed by atoms with E-state index in [-0.39, 0.29) is 17.4 Å². The lowest BCUT2D eigenvalue weighted by molar-refractivity contribution is -0.143. The smallest absolute Gasteiger partial charge is 0.321 e. The first-order valence-electron chi connectivity index (χ1n) is 9.67. The molecular formula is C23H22N2O6S. The molecule has 1 amide bonds. The summed E-state index contributed by atoms with van der Waals surface area (Å²) in [5, 5.41) is 2.55. The van der Waals surface area contributed by atoms with Crippen molar-refractivity contribution < 1.29 is 27.5 Å². The van der Waals surface area contributed by atoms with Gasteiger partial charge in [0.25, 0.3) is 0 Å². The van der Waals surface area contributed by atoms with Crippen LogP contribution in [-0.2, 0) is 31.0 Å². The molecule has 3 aromatic carbocycles. The summed E-state index contributed by atoms with van der Waals surface area (Å²) in [5.41, 5.74) is 1.10.